The summed E-state index contributed by atoms with van der Waals surface area (Å²) in [5, 5.41) is 0. The lowest BCUT2D eigenvalue weighted by atomic mass is 10.0. The number of hydrogen-bond acceptors (Lipinski definition) is 4. The molecule has 6 heteroatoms. The molecule has 0 unspecified atom stereocenters. The Morgan fingerprint density at radius 1 is 0.781 bits per heavy atom. The van der Waals surface area contributed by atoms with Crippen molar-refractivity contribution >= 4 is 17.4 Å². The summed E-state index contributed by atoms with van der Waals surface area (Å²) in [6, 6.07) is 19.1. The first-order valence-corrected chi connectivity index (χ1v) is 10.2. The molecule has 6 nitrogen and oxygen atoms in total. The molecular formula is C26H25N3O3. The van der Waals surface area contributed by atoms with Crippen molar-refractivity contribution in [3.63, 3.8) is 0 Å². The number of aryl methyl sites for hydroxylation is 2. The van der Waals surface area contributed by atoms with Gasteiger partial charge in [-0.2, -0.15) is 0 Å². The van der Waals surface area contributed by atoms with Crippen molar-refractivity contribution in [3.05, 3.63) is 90.0 Å². The Kier molecular flexibility index (Phi) is 5.69. The molecule has 4 rings (SSSR count). The Balaban J connectivity index is 1.50. The van der Waals surface area contributed by atoms with Crippen molar-refractivity contribution in [2.75, 3.05) is 12.8 Å². The summed E-state index contributed by atoms with van der Waals surface area (Å²) in [6.07, 6.45) is 4.15. The maximum Gasteiger partial charge on any atom is 0.354 e. The summed E-state index contributed by atoms with van der Waals surface area (Å²) in [5.41, 5.74) is 12.4. The van der Waals surface area contributed by atoms with Gasteiger partial charge in [-0.3, -0.25) is 4.79 Å². The zero-order chi connectivity index (χ0) is 22.8. The number of esters is 1. The number of nitrogens with two attached hydrogens (primary N) is 1. The number of benzene rings is 2. The Hall–Kier alpha value is -4.06. The normalized spacial score (nSPS) is 10.8. The number of Topliss-reactive ketones (excluding diaryl/α,β-unsaturated/α-hetero) is 1. The van der Waals surface area contributed by atoms with E-state index in [1.807, 2.05) is 78.6 Å². The molecule has 4 aromatic rings. The van der Waals surface area contributed by atoms with Gasteiger partial charge < -0.3 is 19.6 Å². The van der Waals surface area contributed by atoms with E-state index in [4.69, 9.17) is 10.5 Å². The van der Waals surface area contributed by atoms with Gasteiger partial charge in [0, 0.05) is 49.7 Å². The highest BCUT2D eigenvalue weighted by molar-refractivity contribution is 5.97. The predicted molar refractivity (Wildman–Crippen MR) is 125 cm³/mol. The number of nitrogens with zero attached hydrogens (tertiary/aromatic N) is 2. The third kappa shape index (κ3) is 4.21. The van der Waals surface area contributed by atoms with Crippen LogP contribution in [-0.4, -0.2) is 28.0 Å². The molecule has 0 amide bonds. The van der Waals surface area contributed by atoms with E-state index in [1.54, 1.807) is 17.7 Å². The van der Waals surface area contributed by atoms with Crippen LogP contribution >= 0.6 is 0 Å². The summed E-state index contributed by atoms with van der Waals surface area (Å²) in [4.78, 5) is 24.8. The largest absolute Gasteiger partial charge is 0.464 e. The highest BCUT2D eigenvalue weighted by Crippen LogP contribution is 2.25. The smallest absolute Gasteiger partial charge is 0.354 e. The first-order valence-electron chi connectivity index (χ1n) is 10.2. The minimum absolute atomic E-state index is 0.0506. The fourth-order valence-electron chi connectivity index (χ4n) is 3.80. The molecule has 2 aromatic heterocycles. The zero-order valence-electron chi connectivity index (χ0n) is 18.3. The average Bonchev–Trinajstić information content (AvgIpc) is 3.37. The summed E-state index contributed by atoms with van der Waals surface area (Å²) < 4.78 is 8.42. The van der Waals surface area contributed by atoms with Crippen LogP contribution in [0.1, 0.15) is 26.5 Å². The molecule has 0 aliphatic heterocycles. The molecule has 0 atom stereocenters. The lowest BCUT2D eigenvalue weighted by molar-refractivity contribution is 0.0590. The molecule has 0 bridgehead atoms. The molecule has 0 radical (unpaired) electrons. The second kappa shape index (κ2) is 8.59. The first-order chi connectivity index (χ1) is 15.4. The minimum Gasteiger partial charge on any atom is -0.464 e. The van der Waals surface area contributed by atoms with E-state index in [1.165, 1.54) is 7.11 Å². The quantitative estimate of drug-likeness (QED) is 0.279. The van der Waals surface area contributed by atoms with Crippen LogP contribution in [0.5, 0.6) is 0 Å². The minimum atomic E-state index is -0.373. The van der Waals surface area contributed by atoms with Crippen LogP contribution in [0, 0.1) is 0 Å². The van der Waals surface area contributed by atoms with Gasteiger partial charge >= 0.3 is 5.97 Å². The fraction of sp³-hybridized carbons (Fsp3) is 0.154. The molecule has 0 aliphatic carbocycles. The Labute approximate surface area is 186 Å². The number of carbonyl (C=O) groups is 2. The Bertz CT molecular complexity index is 1280. The average molecular weight is 428 g/mol. The molecule has 0 fully saturated rings. The Morgan fingerprint density at radius 3 is 1.84 bits per heavy atom. The van der Waals surface area contributed by atoms with Crippen LogP contribution in [0.3, 0.4) is 0 Å². The van der Waals surface area contributed by atoms with E-state index >= 15 is 0 Å². The number of hydrogen-bond donors (Lipinski definition) is 1. The van der Waals surface area contributed by atoms with Gasteiger partial charge in [0.2, 0.25) is 0 Å². The molecule has 162 valence electrons. The second-order valence-electron chi connectivity index (χ2n) is 7.86. The SMILES string of the molecule is COC(=O)c1cc(-c2ccc(CC(=O)c3cc(-c4ccc(N)cc4)cn3C)cc2)cn1C. The highest BCUT2D eigenvalue weighted by atomic mass is 16.5. The zero-order valence-corrected chi connectivity index (χ0v) is 18.3. The standard InChI is InChI=1S/C26H25N3O3/c1-28-15-20(19-8-10-22(27)11-9-19)13-23(28)25(30)12-17-4-6-18(7-5-17)21-14-24(26(31)32-3)29(2)16-21/h4-11,13-16H,12,27H2,1-3H3. The highest BCUT2D eigenvalue weighted by Gasteiger charge is 2.15. The Morgan fingerprint density at radius 2 is 1.28 bits per heavy atom. The summed E-state index contributed by atoms with van der Waals surface area (Å²) in [5.74, 6) is -0.323. The number of nitrogen functional groups attached to an aromatic ring is 1. The van der Waals surface area contributed by atoms with Gasteiger partial charge in [-0.1, -0.05) is 36.4 Å². The van der Waals surface area contributed by atoms with Crippen LogP contribution in [0.2, 0.25) is 0 Å². The van der Waals surface area contributed by atoms with Gasteiger partial charge in [-0.05, 0) is 41.0 Å². The molecule has 0 saturated heterocycles. The van der Waals surface area contributed by atoms with E-state index in [-0.39, 0.29) is 11.8 Å². The topological polar surface area (TPSA) is 79.2 Å². The number of methoxy groups -OCH3 is 1. The van der Waals surface area contributed by atoms with Crippen molar-refractivity contribution in [1.29, 1.82) is 0 Å². The van der Waals surface area contributed by atoms with Crippen molar-refractivity contribution in [2.45, 2.75) is 6.42 Å². The number of aromatic nitrogens is 2. The molecular weight excluding hydrogens is 402 g/mol. The van der Waals surface area contributed by atoms with Crippen LogP contribution in [0.4, 0.5) is 5.69 Å². The van der Waals surface area contributed by atoms with Gasteiger partial charge in [0.1, 0.15) is 5.69 Å². The van der Waals surface area contributed by atoms with Gasteiger partial charge in [0.05, 0.1) is 12.8 Å². The fourth-order valence-corrected chi connectivity index (χ4v) is 3.80. The molecule has 2 N–H and O–H groups in total. The van der Waals surface area contributed by atoms with Crippen molar-refractivity contribution in [2.24, 2.45) is 14.1 Å². The van der Waals surface area contributed by atoms with Gasteiger partial charge in [-0.15, -0.1) is 0 Å². The molecule has 0 saturated carbocycles. The van der Waals surface area contributed by atoms with E-state index in [2.05, 4.69) is 0 Å². The first kappa shape index (κ1) is 21.2. The van der Waals surface area contributed by atoms with Crippen LogP contribution < -0.4 is 5.73 Å². The third-order valence-corrected chi connectivity index (χ3v) is 5.59. The number of ketones is 1. The maximum atomic E-state index is 12.9. The van der Waals surface area contributed by atoms with Crippen LogP contribution in [0.15, 0.2) is 73.1 Å². The van der Waals surface area contributed by atoms with Crippen molar-refractivity contribution in [1.82, 2.24) is 9.13 Å². The van der Waals surface area contributed by atoms with E-state index in [9.17, 15) is 9.59 Å². The van der Waals surface area contributed by atoms with Crippen molar-refractivity contribution < 1.29 is 14.3 Å². The van der Waals surface area contributed by atoms with E-state index in [0.717, 1.165) is 27.8 Å². The molecule has 2 heterocycles. The number of rotatable bonds is 6. The lowest BCUT2D eigenvalue weighted by Crippen LogP contribution is -2.08. The van der Waals surface area contributed by atoms with Gasteiger partial charge in [0.15, 0.2) is 5.78 Å². The third-order valence-electron chi connectivity index (χ3n) is 5.59. The summed E-state index contributed by atoms with van der Waals surface area (Å²) >= 11 is 0. The molecule has 0 spiro atoms. The van der Waals surface area contributed by atoms with Gasteiger partial charge in [0.25, 0.3) is 0 Å². The van der Waals surface area contributed by atoms with Crippen molar-refractivity contribution in [3.8, 4) is 22.3 Å². The predicted octanol–water partition coefficient (Wildman–Crippen LogP) is 4.49. The number of anilines is 1. The summed E-state index contributed by atoms with van der Waals surface area (Å²) in [6.45, 7) is 0. The van der Waals surface area contributed by atoms with E-state index in [0.29, 0.717) is 23.5 Å². The number of carbonyl (C=O) groups excluding carboxylic acids is 2. The maximum absolute atomic E-state index is 12.9. The van der Waals surface area contributed by atoms with Crippen LogP contribution in [0.25, 0.3) is 22.3 Å². The number of ether oxygens (including phenoxy) is 1. The van der Waals surface area contributed by atoms with Gasteiger partial charge in [-0.25, -0.2) is 4.79 Å². The molecule has 2 aromatic carbocycles. The van der Waals surface area contributed by atoms with E-state index < -0.39 is 0 Å². The summed E-state index contributed by atoms with van der Waals surface area (Å²) in [7, 11) is 5.05. The molecule has 32 heavy (non-hydrogen) atoms. The molecule has 0 aliphatic rings. The second-order valence-corrected chi connectivity index (χ2v) is 7.86. The lowest BCUT2D eigenvalue weighted by Gasteiger charge is -2.04. The monoisotopic (exact) mass is 427 g/mol. The van der Waals surface area contributed by atoms with Crippen LogP contribution in [-0.2, 0) is 25.3 Å².